The summed E-state index contributed by atoms with van der Waals surface area (Å²) in [5, 5.41) is 3.66. The lowest BCUT2D eigenvalue weighted by molar-refractivity contribution is 0.335. The first-order chi connectivity index (χ1) is 9.10. The van der Waals surface area contributed by atoms with E-state index in [4.69, 9.17) is 4.74 Å². The van der Waals surface area contributed by atoms with Crippen molar-refractivity contribution in [3.63, 3.8) is 0 Å². The van der Waals surface area contributed by atoms with E-state index in [2.05, 4.69) is 45.1 Å². The molecule has 2 heteroatoms. The topological polar surface area (TPSA) is 21.3 Å². The van der Waals surface area contributed by atoms with Crippen LogP contribution in [0.5, 0.6) is 5.75 Å². The molecule has 0 radical (unpaired) electrons. The first kappa shape index (κ1) is 14.4. The molecule has 106 valence electrons. The van der Waals surface area contributed by atoms with Gasteiger partial charge in [-0.25, -0.2) is 0 Å². The van der Waals surface area contributed by atoms with Crippen molar-refractivity contribution < 1.29 is 4.74 Å². The number of benzene rings is 1. The number of rotatable bonds is 6. The lowest BCUT2D eigenvalue weighted by Crippen LogP contribution is -2.28. The van der Waals surface area contributed by atoms with E-state index in [9.17, 15) is 0 Å². The van der Waals surface area contributed by atoms with E-state index in [1.165, 1.54) is 29.5 Å². The zero-order valence-electron chi connectivity index (χ0n) is 12.9. The van der Waals surface area contributed by atoms with Crippen molar-refractivity contribution in [3.8, 4) is 5.75 Å². The van der Waals surface area contributed by atoms with Crippen LogP contribution in [0.25, 0.3) is 0 Å². The highest BCUT2D eigenvalue weighted by Gasteiger charge is 2.35. The van der Waals surface area contributed by atoms with Crippen molar-refractivity contribution in [2.45, 2.75) is 46.6 Å². The molecular weight excluding hydrogens is 234 g/mol. The Bertz CT molecular complexity index is 437. The molecule has 0 amide bonds. The second kappa shape index (κ2) is 5.96. The molecule has 1 N–H and O–H groups in total. The summed E-state index contributed by atoms with van der Waals surface area (Å²) in [4.78, 5) is 0. The molecule has 19 heavy (non-hydrogen) atoms. The Morgan fingerprint density at radius 2 is 2.00 bits per heavy atom. The highest BCUT2D eigenvalue weighted by Crippen LogP contribution is 2.45. The van der Waals surface area contributed by atoms with E-state index in [1.54, 1.807) is 7.11 Å². The van der Waals surface area contributed by atoms with Crippen LogP contribution < -0.4 is 10.1 Å². The summed E-state index contributed by atoms with van der Waals surface area (Å²) in [6, 6.07) is 4.87. The maximum Gasteiger partial charge on any atom is 0.126 e. The average Bonchev–Trinajstić information content (AvgIpc) is 3.23. The van der Waals surface area contributed by atoms with Crippen LogP contribution in [0.4, 0.5) is 0 Å². The summed E-state index contributed by atoms with van der Waals surface area (Å²) >= 11 is 0. The highest BCUT2D eigenvalue weighted by molar-refractivity contribution is 5.47. The van der Waals surface area contributed by atoms with Gasteiger partial charge in [-0.3, -0.25) is 0 Å². The number of aryl methyl sites for hydroxylation is 1. The number of ether oxygens (including phenoxy) is 1. The lowest BCUT2D eigenvalue weighted by Gasteiger charge is -2.28. The van der Waals surface area contributed by atoms with E-state index in [-0.39, 0.29) is 0 Å². The van der Waals surface area contributed by atoms with Gasteiger partial charge in [0, 0.05) is 11.6 Å². The fourth-order valence-corrected chi connectivity index (χ4v) is 3.02. The Kier molecular flexibility index (Phi) is 4.51. The standard InChI is InChI=1S/C17H27NO/c1-6-18-16(13(4)14-8-9-14)15-10-7-11(2)12(3)17(15)19-5/h7,10,13-14,16,18H,6,8-9H2,1-5H3. The van der Waals surface area contributed by atoms with Crippen LogP contribution in [0, 0.1) is 25.7 Å². The highest BCUT2D eigenvalue weighted by atomic mass is 16.5. The first-order valence-electron chi connectivity index (χ1n) is 7.47. The minimum Gasteiger partial charge on any atom is -0.496 e. The second-order valence-electron chi connectivity index (χ2n) is 5.86. The van der Waals surface area contributed by atoms with Gasteiger partial charge in [-0.1, -0.05) is 26.0 Å². The Labute approximate surface area is 117 Å². The molecule has 0 spiro atoms. The van der Waals surface area contributed by atoms with Crippen molar-refractivity contribution in [2.24, 2.45) is 11.8 Å². The molecule has 0 heterocycles. The number of hydrogen-bond acceptors (Lipinski definition) is 2. The summed E-state index contributed by atoms with van der Waals surface area (Å²) in [5.41, 5.74) is 3.90. The van der Waals surface area contributed by atoms with Crippen molar-refractivity contribution in [1.82, 2.24) is 5.32 Å². The van der Waals surface area contributed by atoms with Crippen molar-refractivity contribution in [2.75, 3.05) is 13.7 Å². The maximum absolute atomic E-state index is 5.69. The summed E-state index contributed by atoms with van der Waals surface area (Å²) in [6.07, 6.45) is 2.77. The van der Waals surface area contributed by atoms with Crippen molar-refractivity contribution in [1.29, 1.82) is 0 Å². The molecule has 1 aliphatic rings. The summed E-state index contributed by atoms with van der Waals surface area (Å²) < 4.78 is 5.69. The lowest BCUT2D eigenvalue weighted by atomic mass is 9.88. The molecule has 1 aliphatic carbocycles. The minimum atomic E-state index is 0.409. The van der Waals surface area contributed by atoms with Crippen LogP contribution in [0.2, 0.25) is 0 Å². The Morgan fingerprint density at radius 3 is 2.53 bits per heavy atom. The quantitative estimate of drug-likeness (QED) is 0.835. The van der Waals surface area contributed by atoms with Gasteiger partial charge in [-0.15, -0.1) is 0 Å². The van der Waals surface area contributed by atoms with E-state index in [1.807, 2.05) is 0 Å². The van der Waals surface area contributed by atoms with Gasteiger partial charge in [0.05, 0.1) is 7.11 Å². The average molecular weight is 261 g/mol. The SMILES string of the molecule is CCNC(c1ccc(C)c(C)c1OC)C(C)C1CC1. The van der Waals surface area contributed by atoms with E-state index >= 15 is 0 Å². The second-order valence-corrected chi connectivity index (χ2v) is 5.86. The zero-order valence-corrected chi connectivity index (χ0v) is 12.9. The smallest absolute Gasteiger partial charge is 0.126 e. The van der Waals surface area contributed by atoms with Crippen LogP contribution >= 0.6 is 0 Å². The van der Waals surface area contributed by atoms with Gasteiger partial charge in [0.25, 0.3) is 0 Å². The number of nitrogens with one attached hydrogen (secondary N) is 1. The summed E-state index contributed by atoms with van der Waals surface area (Å²) in [7, 11) is 1.79. The molecule has 2 rings (SSSR count). The number of methoxy groups -OCH3 is 1. The fourth-order valence-electron chi connectivity index (χ4n) is 3.02. The van der Waals surface area contributed by atoms with Crippen molar-refractivity contribution >= 4 is 0 Å². The third-order valence-electron chi connectivity index (χ3n) is 4.56. The molecule has 2 unspecified atom stereocenters. The predicted molar refractivity (Wildman–Crippen MR) is 80.8 cm³/mol. The van der Waals surface area contributed by atoms with Gasteiger partial charge in [0.1, 0.15) is 5.75 Å². The van der Waals surface area contributed by atoms with Gasteiger partial charge in [0.15, 0.2) is 0 Å². The molecule has 2 nitrogen and oxygen atoms in total. The van der Waals surface area contributed by atoms with Crippen LogP contribution in [0.3, 0.4) is 0 Å². The van der Waals surface area contributed by atoms with E-state index < -0.39 is 0 Å². The maximum atomic E-state index is 5.69. The van der Waals surface area contributed by atoms with Gasteiger partial charge in [0.2, 0.25) is 0 Å². The van der Waals surface area contributed by atoms with E-state index in [0.717, 1.165) is 18.2 Å². The fraction of sp³-hybridized carbons (Fsp3) is 0.647. The monoisotopic (exact) mass is 261 g/mol. The van der Waals surface area contributed by atoms with Gasteiger partial charge < -0.3 is 10.1 Å². The van der Waals surface area contributed by atoms with Gasteiger partial charge in [-0.05, 0) is 56.2 Å². The Hall–Kier alpha value is -1.02. The first-order valence-corrected chi connectivity index (χ1v) is 7.47. The largest absolute Gasteiger partial charge is 0.496 e. The van der Waals surface area contributed by atoms with Gasteiger partial charge >= 0.3 is 0 Å². The molecule has 1 saturated carbocycles. The Morgan fingerprint density at radius 1 is 1.32 bits per heavy atom. The predicted octanol–water partition coefficient (Wildman–Crippen LogP) is 4.01. The van der Waals surface area contributed by atoms with Crippen LogP contribution in [-0.2, 0) is 0 Å². The molecule has 0 bridgehead atoms. The zero-order chi connectivity index (χ0) is 14.0. The molecule has 1 aromatic rings. The van der Waals surface area contributed by atoms with Gasteiger partial charge in [-0.2, -0.15) is 0 Å². The number of hydrogen-bond donors (Lipinski definition) is 1. The molecule has 0 aliphatic heterocycles. The molecular formula is C17H27NO. The summed E-state index contributed by atoms with van der Waals surface area (Å²) in [5.74, 6) is 2.63. The van der Waals surface area contributed by atoms with E-state index in [0.29, 0.717) is 12.0 Å². The van der Waals surface area contributed by atoms with Crippen LogP contribution in [0.15, 0.2) is 12.1 Å². The Balaban J connectivity index is 2.37. The third-order valence-corrected chi connectivity index (χ3v) is 4.56. The third kappa shape index (κ3) is 2.94. The molecule has 2 atom stereocenters. The molecule has 0 saturated heterocycles. The normalized spacial score (nSPS) is 18.2. The molecule has 0 aromatic heterocycles. The van der Waals surface area contributed by atoms with Crippen LogP contribution in [0.1, 0.15) is 49.4 Å². The van der Waals surface area contributed by atoms with Crippen LogP contribution in [-0.4, -0.2) is 13.7 Å². The molecule has 1 fully saturated rings. The minimum absolute atomic E-state index is 0.409. The summed E-state index contributed by atoms with van der Waals surface area (Å²) in [6.45, 7) is 9.86. The van der Waals surface area contributed by atoms with Crippen molar-refractivity contribution in [3.05, 3.63) is 28.8 Å². The molecule has 1 aromatic carbocycles.